The van der Waals surface area contributed by atoms with Gasteiger partial charge in [0.15, 0.2) is 0 Å². The molecule has 4 fully saturated rings. The van der Waals surface area contributed by atoms with Gasteiger partial charge in [0.25, 0.3) is 0 Å². The Labute approximate surface area is 160 Å². The summed E-state index contributed by atoms with van der Waals surface area (Å²) in [5, 5.41) is 0. The second-order valence-electron chi connectivity index (χ2n) is 10.7. The molecule has 3 saturated carbocycles. The van der Waals surface area contributed by atoms with Crippen molar-refractivity contribution in [2.24, 2.45) is 71.0 Å². The molecule has 2 aliphatic heterocycles. The van der Waals surface area contributed by atoms with Crippen LogP contribution in [0.2, 0.25) is 0 Å². The Bertz CT molecular complexity index is 966. The van der Waals surface area contributed by atoms with Crippen LogP contribution in [0.4, 0.5) is 0 Å². The molecule has 10 aliphatic rings. The van der Waals surface area contributed by atoms with E-state index in [2.05, 4.69) is 60.7 Å². The van der Waals surface area contributed by atoms with E-state index in [1.54, 1.807) is 0 Å². The molecular weight excluding hydrogens is 328 g/mol. The largest absolute Gasteiger partial charge is 0.365 e. The summed E-state index contributed by atoms with van der Waals surface area (Å²) in [5.41, 5.74) is 3.03. The van der Waals surface area contributed by atoms with Gasteiger partial charge < -0.3 is 4.74 Å². The summed E-state index contributed by atoms with van der Waals surface area (Å²) in [4.78, 5) is 0. The molecule has 134 valence electrons. The molecule has 1 nitrogen and oxygen atoms in total. The molecule has 27 heavy (non-hydrogen) atoms. The first-order valence-electron chi connectivity index (χ1n) is 11.2. The van der Waals surface area contributed by atoms with Gasteiger partial charge in [0.1, 0.15) is 0 Å². The van der Waals surface area contributed by atoms with Crippen molar-refractivity contribution in [2.45, 2.75) is 12.2 Å². The summed E-state index contributed by atoms with van der Waals surface area (Å²) in [6, 6.07) is 9.12. The van der Waals surface area contributed by atoms with E-state index >= 15 is 0 Å². The lowest BCUT2D eigenvalue weighted by Gasteiger charge is -2.67. The Kier molecular flexibility index (Phi) is 2.04. The highest BCUT2D eigenvalue weighted by Gasteiger charge is 2.74. The van der Waals surface area contributed by atoms with E-state index in [0.29, 0.717) is 18.1 Å². The molecule has 12 atom stereocenters. The second-order valence-corrected chi connectivity index (χ2v) is 10.7. The Morgan fingerprint density at radius 1 is 0.481 bits per heavy atom. The quantitative estimate of drug-likeness (QED) is 0.600. The molecule has 8 bridgehead atoms. The molecule has 1 aromatic rings. The van der Waals surface area contributed by atoms with Crippen LogP contribution in [0.15, 0.2) is 60.7 Å². The number of ether oxygens (including phenoxy) is 1. The minimum absolute atomic E-state index is 0.371. The molecule has 8 aliphatic carbocycles. The first-order valence-corrected chi connectivity index (χ1v) is 11.2. The highest BCUT2D eigenvalue weighted by molar-refractivity contribution is 5.43. The van der Waals surface area contributed by atoms with Gasteiger partial charge in [0, 0.05) is 11.8 Å². The van der Waals surface area contributed by atoms with Gasteiger partial charge in [-0.25, -0.2) is 0 Å². The number of hydrogen-bond donors (Lipinski definition) is 0. The first kappa shape index (κ1) is 13.6. The minimum Gasteiger partial charge on any atom is -0.365 e. The molecule has 1 aromatic carbocycles. The van der Waals surface area contributed by atoms with Crippen molar-refractivity contribution < 1.29 is 4.74 Å². The van der Waals surface area contributed by atoms with Crippen LogP contribution in [0.5, 0.6) is 0 Å². The van der Waals surface area contributed by atoms with Gasteiger partial charge in [-0.2, -0.15) is 0 Å². The Balaban J connectivity index is 1.20. The van der Waals surface area contributed by atoms with Crippen molar-refractivity contribution in [1.29, 1.82) is 0 Å². The zero-order valence-corrected chi connectivity index (χ0v) is 15.3. The smallest absolute Gasteiger partial charge is 0.0874 e. The van der Waals surface area contributed by atoms with Gasteiger partial charge in [-0.1, -0.05) is 60.7 Å². The van der Waals surface area contributed by atoms with Crippen LogP contribution in [-0.4, -0.2) is 0 Å². The van der Waals surface area contributed by atoms with E-state index < -0.39 is 0 Å². The lowest BCUT2D eigenvalue weighted by atomic mass is 9.36. The molecule has 0 amide bonds. The van der Waals surface area contributed by atoms with Crippen molar-refractivity contribution in [2.75, 3.05) is 0 Å². The van der Waals surface area contributed by atoms with Crippen LogP contribution in [0.25, 0.3) is 0 Å². The third kappa shape index (κ3) is 1.26. The van der Waals surface area contributed by atoms with Crippen LogP contribution in [0, 0.1) is 71.0 Å². The molecular formula is C26H24O. The maximum Gasteiger partial charge on any atom is 0.0874 e. The predicted molar refractivity (Wildman–Crippen MR) is 102 cm³/mol. The molecule has 0 aromatic heterocycles. The molecule has 11 rings (SSSR count). The fourth-order valence-corrected chi connectivity index (χ4v) is 9.71. The highest BCUT2D eigenvalue weighted by atomic mass is 16.5. The third-order valence-corrected chi connectivity index (χ3v) is 10.3. The molecule has 1 heteroatoms. The van der Waals surface area contributed by atoms with Crippen molar-refractivity contribution in [3.8, 4) is 0 Å². The van der Waals surface area contributed by atoms with Gasteiger partial charge in [-0.05, 0) is 70.3 Å². The van der Waals surface area contributed by atoms with Gasteiger partial charge in [0.2, 0.25) is 0 Å². The van der Waals surface area contributed by atoms with Crippen molar-refractivity contribution >= 4 is 0 Å². The number of allylic oxidation sites excluding steroid dienone is 6. The SMILES string of the molecule is C1=CC2C3C=CC1C1C4C5C=CC(C6C7OC(c8ccccc87)C56)C4C1C23. The van der Waals surface area contributed by atoms with Gasteiger partial charge in [-0.3, -0.25) is 0 Å². The van der Waals surface area contributed by atoms with Gasteiger partial charge in [-0.15, -0.1) is 0 Å². The van der Waals surface area contributed by atoms with Crippen molar-refractivity contribution in [3.63, 3.8) is 0 Å². The maximum absolute atomic E-state index is 6.70. The fourth-order valence-electron chi connectivity index (χ4n) is 9.71. The summed E-state index contributed by atoms with van der Waals surface area (Å²) >= 11 is 0. The van der Waals surface area contributed by atoms with E-state index in [0.717, 1.165) is 65.1 Å². The monoisotopic (exact) mass is 352 g/mol. The topological polar surface area (TPSA) is 9.23 Å². The van der Waals surface area contributed by atoms with Crippen molar-refractivity contribution in [3.05, 3.63) is 71.8 Å². The summed E-state index contributed by atoms with van der Waals surface area (Å²) < 4.78 is 6.70. The van der Waals surface area contributed by atoms with Gasteiger partial charge >= 0.3 is 0 Å². The van der Waals surface area contributed by atoms with Crippen LogP contribution < -0.4 is 0 Å². The van der Waals surface area contributed by atoms with E-state index in [4.69, 9.17) is 4.74 Å². The summed E-state index contributed by atoms with van der Waals surface area (Å²) in [6.07, 6.45) is 16.4. The standard InChI is InChI=1S/C26H24O/c1-2-4-15-14(3-1)25-22-16-9-10-17(23(22)26(15)27-25)21-20(16)18-11-5-7-12-13(8-6-11)19(12)24(18)21/h1-13,16-26H. The molecule has 0 spiro atoms. The summed E-state index contributed by atoms with van der Waals surface area (Å²) in [5.74, 6) is 10.2. The Hall–Kier alpha value is -1.60. The van der Waals surface area contributed by atoms with Gasteiger partial charge in [0.05, 0.1) is 12.2 Å². The van der Waals surface area contributed by atoms with Crippen LogP contribution >= 0.6 is 0 Å². The average molecular weight is 352 g/mol. The fraction of sp³-hybridized carbons (Fsp3) is 0.538. The lowest BCUT2D eigenvalue weighted by Crippen LogP contribution is -2.64. The Morgan fingerprint density at radius 2 is 1.04 bits per heavy atom. The normalized spacial score (nSPS) is 63.0. The molecule has 12 unspecified atom stereocenters. The van der Waals surface area contributed by atoms with E-state index in [-0.39, 0.29) is 0 Å². The number of rotatable bonds is 0. The highest BCUT2D eigenvalue weighted by Crippen LogP contribution is 2.79. The summed E-state index contributed by atoms with van der Waals surface area (Å²) in [7, 11) is 0. The van der Waals surface area contributed by atoms with Crippen molar-refractivity contribution in [1.82, 2.24) is 0 Å². The number of hydrogen-bond acceptors (Lipinski definition) is 1. The Morgan fingerprint density at radius 3 is 1.67 bits per heavy atom. The first-order chi connectivity index (χ1) is 13.4. The zero-order chi connectivity index (χ0) is 17.0. The van der Waals surface area contributed by atoms with E-state index in [9.17, 15) is 0 Å². The van der Waals surface area contributed by atoms with E-state index in [1.165, 1.54) is 11.1 Å². The number of benzene rings is 1. The number of fused-ring (bicyclic) bond motifs is 5. The second kappa shape index (κ2) is 4.06. The molecule has 2 heterocycles. The maximum atomic E-state index is 6.70. The average Bonchev–Trinajstić information content (AvgIpc) is 3.18. The van der Waals surface area contributed by atoms with Crippen LogP contribution in [0.3, 0.4) is 0 Å². The molecule has 0 N–H and O–H groups in total. The summed E-state index contributed by atoms with van der Waals surface area (Å²) in [6.45, 7) is 0. The van der Waals surface area contributed by atoms with Crippen LogP contribution in [0.1, 0.15) is 23.3 Å². The van der Waals surface area contributed by atoms with Crippen LogP contribution in [-0.2, 0) is 4.74 Å². The zero-order valence-electron chi connectivity index (χ0n) is 15.3. The van der Waals surface area contributed by atoms with E-state index in [1.807, 2.05) is 0 Å². The minimum atomic E-state index is 0.371. The molecule has 0 radical (unpaired) electrons. The third-order valence-electron chi connectivity index (χ3n) is 10.3. The lowest BCUT2D eigenvalue weighted by molar-refractivity contribution is -0.167. The molecule has 1 saturated heterocycles. The predicted octanol–water partition coefficient (Wildman–Crippen LogP) is 4.96.